The first kappa shape index (κ1) is 25.3. The third-order valence-corrected chi connectivity index (χ3v) is 6.70. The second-order valence-corrected chi connectivity index (χ2v) is 9.82. The molecule has 1 unspecified atom stereocenters. The van der Waals surface area contributed by atoms with Crippen molar-refractivity contribution in [1.82, 2.24) is 10.6 Å². The van der Waals surface area contributed by atoms with Gasteiger partial charge in [-0.3, -0.25) is 0 Å². The Labute approximate surface area is 198 Å². The molecule has 5 heteroatoms. The van der Waals surface area contributed by atoms with Gasteiger partial charge >= 0.3 is 6.09 Å². The number of benzene rings is 2. The first-order valence-corrected chi connectivity index (χ1v) is 12.4. The highest BCUT2D eigenvalue weighted by molar-refractivity contribution is 5.67. The van der Waals surface area contributed by atoms with E-state index in [-0.39, 0.29) is 18.2 Å². The summed E-state index contributed by atoms with van der Waals surface area (Å²) in [6.07, 6.45) is 1.82. The van der Waals surface area contributed by atoms with Gasteiger partial charge in [0.1, 0.15) is 11.7 Å². The minimum atomic E-state index is -1.23. The van der Waals surface area contributed by atoms with Crippen molar-refractivity contribution in [3.05, 3.63) is 70.8 Å². The summed E-state index contributed by atoms with van der Waals surface area (Å²) in [6, 6.07) is 16.2. The van der Waals surface area contributed by atoms with E-state index in [0.29, 0.717) is 31.3 Å². The normalized spacial score (nSPS) is 18.7. The molecule has 5 nitrogen and oxygen atoms in total. The smallest absolute Gasteiger partial charge is 0.407 e. The summed E-state index contributed by atoms with van der Waals surface area (Å²) in [7, 11) is 0. The van der Waals surface area contributed by atoms with Crippen molar-refractivity contribution in [2.45, 2.75) is 83.5 Å². The van der Waals surface area contributed by atoms with Crippen LogP contribution in [-0.2, 0) is 10.3 Å². The molecule has 1 saturated heterocycles. The molecule has 1 aliphatic rings. The van der Waals surface area contributed by atoms with E-state index in [1.54, 1.807) is 0 Å². The van der Waals surface area contributed by atoms with E-state index < -0.39 is 5.60 Å². The van der Waals surface area contributed by atoms with Gasteiger partial charge in [-0.1, -0.05) is 89.6 Å². The molecule has 0 radical (unpaired) electrons. The molecule has 3 rings (SSSR count). The summed E-state index contributed by atoms with van der Waals surface area (Å²) in [5.74, 6) is 0.845. The molecule has 1 fully saturated rings. The lowest BCUT2D eigenvalue weighted by atomic mass is 9.78. The van der Waals surface area contributed by atoms with Crippen molar-refractivity contribution in [1.29, 1.82) is 0 Å². The van der Waals surface area contributed by atoms with Crippen LogP contribution in [0.4, 0.5) is 4.79 Å². The molecule has 1 heterocycles. The lowest BCUT2D eigenvalue weighted by molar-refractivity contribution is 0.0372. The Morgan fingerprint density at radius 3 is 2.00 bits per heavy atom. The average molecular weight is 453 g/mol. The quantitative estimate of drug-likeness (QED) is 0.444. The number of nitrogens with one attached hydrogen (secondary N) is 2. The number of hydrogen-bond donors (Lipinski definition) is 3. The molecular formula is C28H40N2O3. The zero-order chi connectivity index (χ0) is 24.0. The number of carbonyl (C=O) groups is 1. The number of carbonyl (C=O) groups excluding carboxylic acids is 1. The van der Waals surface area contributed by atoms with E-state index in [0.717, 1.165) is 24.0 Å². The molecule has 0 saturated carbocycles. The van der Waals surface area contributed by atoms with Crippen molar-refractivity contribution in [2.75, 3.05) is 13.1 Å². The number of hydrogen-bond acceptors (Lipinski definition) is 4. The molecule has 0 aromatic heterocycles. The number of aliphatic hydroxyl groups is 1. The first-order valence-electron chi connectivity index (χ1n) is 12.4. The van der Waals surface area contributed by atoms with E-state index in [1.165, 1.54) is 11.1 Å². The Bertz CT molecular complexity index is 839. The fraction of sp³-hybridized carbons (Fsp3) is 0.536. The maximum Gasteiger partial charge on any atom is 0.407 e. The van der Waals surface area contributed by atoms with Gasteiger partial charge < -0.3 is 20.5 Å². The topological polar surface area (TPSA) is 70.6 Å². The van der Waals surface area contributed by atoms with E-state index in [9.17, 15) is 9.90 Å². The average Bonchev–Trinajstić information content (AvgIpc) is 3.27. The van der Waals surface area contributed by atoms with E-state index >= 15 is 0 Å². The van der Waals surface area contributed by atoms with E-state index in [4.69, 9.17) is 4.74 Å². The molecule has 1 aliphatic heterocycles. The minimum Gasteiger partial charge on any atom is -0.445 e. The maximum atomic E-state index is 12.2. The van der Waals surface area contributed by atoms with Crippen LogP contribution in [0.5, 0.6) is 0 Å². The Morgan fingerprint density at radius 2 is 1.55 bits per heavy atom. The van der Waals surface area contributed by atoms with Crippen LogP contribution in [0.3, 0.4) is 0 Å². The van der Waals surface area contributed by atoms with Gasteiger partial charge in [0.05, 0.1) is 0 Å². The van der Waals surface area contributed by atoms with Gasteiger partial charge in [-0.2, -0.15) is 0 Å². The van der Waals surface area contributed by atoms with Gasteiger partial charge in [-0.05, 0) is 40.5 Å². The molecule has 1 amide bonds. The Balaban J connectivity index is 1.85. The first-order chi connectivity index (χ1) is 15.8. The standard InChI is InChI=1S/C28H40N2O3/c1-6-7-16-29-27(31)33-25-17-26(30-18-25)28(32,23-12-8-21(9-13-23)19(2)3)24-14-10-22(11-15-24)20(4)5/h8-15,19-20,25-26,30,32H,6-7,16-18H2,1-5H3,(H,29,31)/t25-,26?/m1/s1. The largest absolute Gasteiger partial charge is 0.445 e. The molecular weight excluding hydrogens is 412 g/mol. The Hall–Kier alpha value is -2.37. The van der Waals surface area contributed by atoms with Crippen LogP contribution in [0.2, 0.25) is 0 Å². The summed E-state index contributed by atoms with van der Waals surface area (Å²) in [5, 5.41) is 18.5. The molecule has 2 atom stereocenters. The third kappa shape index (κ3) is 5.96. The van der Waals surface area contributed by atoms with Gasteiger partial charge in [-0.15, -0.1) is 0 Å². The minimum absolute atomic E-state index is 0.277. The lowest BCUT2D eigenvalue weighted by Gasteiger charge is -2.36. The van der Waals surface area contributed by atoms with Gasteiger partial charge in [0.25, 0.3) is 0 Å². The molecule has 0 aliphatic carbocycles. The zero-order valence-corrected chi connectivity index (χ0v) is 20.7. The fourth-order valence-corrected chi connectivity index (χ4v) is 4.48. The molecule has 0 spiro atoms. The van der Waals surface area contributed by atoms with Crippen LogP contribution in [0.15, 0.2) is 48.5 Å². The summed E-state index contributed by atoms with van der Waals surface area (Å²) >= 11 is 0. The number of unbranched alkanes of at least 4 members (excludes halogenated alkanes) is 1. The van der Waals surface area contributed by atoms with E-state index in [1.807, 2.05) is 24.3 Å². The van der Waals surface area contributed by atoms with Gasteiger partial charge in [0, 0.05) is 25.6 Å². The summed E-state index contributed by atoms with van der Waals surface area (Å²) < 4.78 is 5.63. The number of amides is 1. The molecule has 33 heavy (non-hydrogen) atoms. The zero-order valence-electron chi connectivity index (χ0n) is 20.7. The molecule has 0 bridgehead atoms. The van der Waals surface area contributed by atoms with E-state index in [2.05, 4.69) is 69.5 Å². The van der Waals surface area contributed by atoms with Crippen LogP contribution in [-0.4, -0.2) is 36.4 Å². The van der Waals surface area contributed by atoms with Gasteiger partial charge in [-0.25, -0.2) is 4.79 Å². The van der Waals surface area contributed by atoms with Crippen molar-refractivity contribution < 1.29 is 14.6 Å². The van der Waals surface area contributed by atoms with Crippen molar-refractivity contribution >= 4 is 6.09 Å². The predicted octanol–water partition coefficient (Wildman–Crippen LogP) is 5.43. The maximum absolute atomic E-state index is 12.2. The van der Waals surface area contributed by atoms with Crippen LogP contribution < -0.4 is 10.6 Å². The number of rotatable bonds is 9. The third-order valence-electron chi connectivity index (χ3n) is 6.70. The summed E-state index contributed by atoms with van der Waals surface area (Å²) in [6.45, 7) is 11.9. The van der Waals surface area contributed by atoms with Crippen molar-refractivity contribution in [3.63, 3.8) is 0 Å². The van der Waals surface area contributed by atoms with Gasteiger partial charge in [0.15, 0.2) is 0 Å². The van der Waals surface area contributed by atoms with Crippen LogP contribution in [0, 0.1) is 0 Å². The molecule has 180 valence electrons. The highest BCUT2D eigenvalue weighted by Gasteiger charge is 2.45. The van der Waals surface area contributed by atoms with Crippen LogP contribution in [0.1, 0.15) is 88.0 Å². The summed E-state index contributed by atoms with van der Waals surface area (Å²) in [4.78, 5) is 12.1. The number of ether oxygens (including phenoxy) is 1. The van der Waals surface area contributed by atoms with Crippen LogP contribution in [0.25, 0.3) is 0 Å². The van der Waals surface area contributed by atoms with Crippen LogP contribution >= 0.6 is 0 Å². The Morgan fingerprint density at radius 1 is 1.03 bits per heavy atom. The molecule has 2 aromatic carbocycles. The monoisotopic (exact) mass is 452 g/mol. The highest BCUT2D eigenvalue weighted by atomic mass is 16.6. The molecule has 2 aromatic rings. The fourth-order valence-electron chi connectivity index (χ4n) is 4.48. The van der Waals surface area contributed by atoms with Gasteiger partial charge in [0.2, 0.25) is 0 Å². The highest BCUT2D eigenvalue weighted by Crippen LogP contribution is 2.38. The van der Waals surface area contributed by atoms with Crippen molar-refractivity contribution in [2.24, 2.45) is 0 Å². The second-order valence-electron chi connectivity index (χ2n) is 9.82. The molecule has 3 N–H and O–H groups in total. The Kier molecular flexibility index (Phi) is 8.55. The predicted molar refractivity (Wildman–Crippen MR) is 134 cm³/mol. The lowest BCUT2D eigenvalue weighted by Crippen LogP contribution is -2.46. The van der Waals surface area contributed by atoms with Crippen molar-refractivity contribution in [3.8, 4) is 0 Å². The number of alkyl carbamates (subject to hydrolysis) is 1. The SMILES string of the molecule is CCCCNC(=O)O[C@H]1CNC(C(O)(c2ccc(C(C)C)cc2)c2ccc(C(C)C)cc2)C1. The summed E-state index contributed by atoms with van der Waals surface area (Å²) in [5.41, 5.74) is 2.92. The second kappa shape index (κ2) is 11.2.